The summed E-state index contributed by atoms with van der Waals surface area (Å²) in [4.78, 5) is 15.6. The number of nitrogens with one attached hydrogen (secondary N) is 1. The van der Waals surface area contributed by atoms with Crippen LogP contribution in [0.4, 0.5) is 0 Å². The molecule has 1 aromatic heterocycles. The van der Waals surface area contributed by atoms with Crippen LogP contribution in [0.15, 0.2) is 18.3 Å². The molecule has 1 unspecified atom stereocenters. The number of carbonyl (C=O) groups excluding carboxylic acids is 1. The summed E-state index contributed by atoms with van der Waals surface area (Å²) in [7, 11) is 0. The molecule has 0 spiro atoms. The second-order valence-electron chi connectivity index (χ2n) is 3.34. The highest BCUT2D eigenvalue weighted by Gasteiger charge is 2.11. The highest BCUT2D eigenvalue weighted by Crippen LogP contribution is 2.06. The van der Waals surface area contributed by atoms with Gasteiger partial charge in [-0.2, -0.15) is 0 Å². The average Bonchev–Trinajstić information content (AvgIpc) is 2.29. The van der Waals surface area contributed by atoms with E-state index in [4.69, 9.17) is 18.0 Å². The summed E-state index contributed by atoms with van der Waals surface area (Å²) in [6.07, 6.45) is 8.41. The largest absolute Gasteiger partial charge is 0.337 e. The Hall–Kier alpha value is -1.53. The van der Waals surface area contributed by atoms with Crippen molar-refractivity contribution in [3.8, 4) is 12.3 Å². The van der Waals surface area contributed by atoms with Gasteiger partial charge in [0, 0.05) is 6.20 Å². The van der Waals surface area contributed by atoms with Crippen molar-refractivity contribution in [3.63, 3.8) is 0 Å². The van der Waals surface area contributed by atoms with Crippen LogP contribution in [-0.4, -0.2) is 16.9 Å². The van der Waals surface area contributed by atoms with E-state index in [2.05, 4.69) is 16.2 Å². The number of carbonyl (C=O) groups is 1. The van der Waals surface area contributed by atoms with Crippen molar-refractivity contribution < 1.29 is 4.79 Å². The number of amides is 1. The SMILES string of the molecule is C#CC(CCC)NC(=O)c1ccc(Cl)cn1. The predicted octanol–water partition coefficient (Wildman–Crippen LogP) is 2.27. The molecule has 0 saturated carbocycles. The van der Waals surface area contributed by atoms with Crippen molar-refractivity contribution in [2.75, 3.05) is 0 Å². The van der Waals surface area contributed by atoms with E-state index in [9.17, 15) is 4.79 Å². The van der Waals surface area contributed by atoms with Crippen LogP contribution in [-0.2, 0) is 0 Å². The third-order valence-corrected chi connectivity index (χ3v) is 2.27. The fourth-order valence-corrected chi connectivity index (χ4v) is 1.34. The van der Waals surface area contributed by atoms with Crippen molar-refractivity contribution in [1.82, 2.24) is 10.3 Å². The Morgan fingerprint density at radius 3 is 2.94 bits per heavy atom. The summed E-state index contributed by atoms with van der Waals surface area (Å²) in [5.41, 5.74) is 0.320. The van der Waals surface area contributed by atoms with Gasteiger partial charge in [-0.1, -0.05) is 30.9 Å². The zero-order valence-electron chi connectivity index (χ0n) is 9.03. The van der Waals surface area contributed by atoms with Crippen molar-refractivity contribution in [3.05, 3.63) is 29.0 Å². The monoisotopic (exact) mass is 236 g/mol. The summed E-state index contributed by atoms with van der Waals surface area (Å²) in [6, 6.07) is 2.95. The number of nitrogens with zero attached hydrogens (tertiary/aromatic N) is 1. The summed E-state index contributed by atoms with van der Waals surface area (Å²) in [5, 5.41) is 3.22. The highest BCUT2D eigenvalue weighted by atomic mass is 35.5. The van der Waals surface area contributed by atoms with E-state index < -0.39 is 0 Å². The van der Waals surface area contributed by atoms with Gasteiger partial charge in [0.25, 0.3) is 5.91 Å². The highest BCUT2D eigenvalue weighted by molar-refractivity contribution is 6.30. The molecule has 1 heterocycles. The minimum absolute atomic E-state index is 0.241. The van der Waals surface area contributed by atoms with Gasteiger partial charge in [0.15, 0.2) is 0 Å². The second kappa shape index (κ2) is 6.14. The first-order valence-electron chi connectivity index (χ1n) is 5.06. The fraction of sp³-hybridized carbons (Fsp3) is 0.333. The number of halogens is 1. The Kier molecular flexibility index (Phi) is 4.81. The topological polar surface area (TPSA) is 42.0 Å². The summed E-state index contributed by atoms with van der Waals surface area (Å²) in [6.45, 7) is 2.01. The van der Waals surface area contributed by atoms with Crippen molar-refractivity contribution in [2.45, 2.75) is 25.8 Å². The van der Waals surface area contributed by atoms with Gasteiger partial charge in [0.1, 0.15) is 5.69 Å². The van der Waals surface area contributed by atoms with E-state index in [1.54, 1.807) is 12.1 Å². The van der Waals surface area contributed by atoms with Crippen LogP contribution >= 0.6 is 11.6 Å². The lowest BCUT2D eigenvalue weighted by atomic mass is 10.2. The van der Waals surface area contributed by atoms with Gasteiger partial charge < -0.3 is 5.32 Å². The Bertz CT molecular complexity index is 394. The van der Waals surface area contributed by atoms with Crippen LogP contribution in [0, 0.1) is 12.3 Å². The molecule has 0 aliphatic heterocycles. The van der Waals surface area contributed by atoms with Gasteiger partial charge in [0.05, 0.1) is 11.1 Å². The van der Waals surface area contributed by atoms with E-state index in [0.717, 1.165) is 12.8 Å². The molecule has 0 fully saturated rings. The van der Waals surface area contributed by atoms with E-state index in [-0.39, 0.29) is 11.9 Å². The Morgan fingerprint density at radius 1 is 1.69 bits per heavy atom. The molecule has 3 nitrogen and oxygen atoms in total. The number of hydrogen-bond donors (Lipinski definition) is 1. The third-order valence-electron chi connectivity index (χ3n) is 2.04. The predicted molar refractivity (Wildman–Crippen MR) is 64.2 cm³/mol. The van der Waals surface area contributed by atoms with Gasteiger partial charge in [0.2, 0.25) is 0 Å². The number of terminal acetylenes is 1. The Labute approximate surface area is 100 Å². The number of rotatable bonds is 4. The zero-order valence-corrected chi connectivity index (χ0v) is 9.79. The molecular formula is C12H13ClN2O. The summed E-state index contributed by atoms with van der Waals surface area (Å²) in [5.74, 6) is 2.26. The van der Waals surface area contributed by atoms with E-state index in [0.29, 0.717) is 10.7 Å². The van der Waals surface area contributed by atoms with E-state index in [1.807, 2.05) is 6.92 Å². The van der Waals surface area contributed by atoms with Gasteiger partial charge in [-0.3, -0.25) is 4.79 Å². The van der Waals surface area contributed by atoms with Gasteiger partial charge in [-0.15, -0.1) is 6.42 Å². The first-order chi connectivity index (χ1) is 7.67. The molecular weight excluding hydrogens is 224 g/mol. The Morgan fingerprint density at radius 2 is 2.44 bits per heavy atom. The molecule has 4 heteroatoms. The van der Waals surface area contributed by atoms with Crippen molar-refractivity contribution >= 4 is 17.5 Å². The molecule has 0 aliphatic rings. The van der Waals surface area contributed by atoms with Crippen LogP contribution in [0.2, 0.25) is 5.02 Å². The number of aromatic nitrogens is 1. The van der Waals surface area contributed by atoms with Crippen LogP contribution in [0.5, 0.6) is 0 Å². The lowest BCUT2D eigenvalue weighted by molar-refractivity contribution is 0.0939. The standard InChI is InChI=1S/C12H13ClN2O/c1-3-5-10(4-2)15-12(16)11-7-6-9(13)8-14-11/h2,6-8,10H,3,5H2,1H3,(H,15,16). The van der Waals surface area contributed by atoms with Gasteiger partial charge in [-0.05, 0) is 18.6 Å². The molecule has 0 aliphatic carbocycles. The summed E-state index contributed by atoms with van der Waals surface area (Å²) < 4.78 is 0. The molecule has 1 N–H and O–H groups in total. The summed E-state index contributed by atoms with van der Waals surface area (Å²) >= 11 is 5.67. The van der Waals surface area contributed by atoms with Crippen molar-refractivity contribution in [1.29, 1.82) is 0 Å². The molecule has 1 rings (SSSR count). The molecule has 1 aromatic rings. The third kappa shape index (κ3) is 3.56. The van der Waals surface area contributed by atoms with Crippen LogP contribution < -0.4 is 5.32 Å². The smallest absolute Gasteiger partial charge is 0.270 e. The van der Waals surface area contributed by atoms with Gasteiger partial charge in [-0.25, -0.2) is 4.98 Å². The first-order valence-corrected chi connectivity index (χ1v) is 5.43. The molecule has 1 atom stereocenters. The lowest BCUT2D eigenvalue weighted by Gasteiger charge is -2.11. The fourth-order valence-electron chi connectivity index (χ4n) is 1.23. The maximum atomic E-state index is 11.7. The number of hydrogen-bond acceptors (Lipinski definition) is 2. The average molecular weight is 237 g/mol. The zero-order chi connectivity index (χ0) is 12.0. The van der Waals surface area contributed by atoms with Gasteiger partial charge >= 0.3 is 0 Å². The number of pyridine rings is 1. The normalized spacial score (nSPS) is 11.6. The molecule has 84 valence electrons. The molecule has 0 saturated heterocycles. The Balaban J connectivity index is 2.65. The lowest BCUT2D eigenvalue weighted by Crippen LogP contribution is -2.34. The van der Waals surface area contributed by atoms with E-state index in [1.165, 1.54) is 6.20 Å². The maximum absolute atomic E-state index is 11.7. The molecule has 1 amide bonds. The van der Waals surface area contributed by atoms with Crippen LogP contribution in [0.25, 0.3) is 0 Å². The molecule has 0 radical (unpaired) electrons. The molecule has 0 bridgehead atoms. The maximum Gasteiger partial charge on any atom is 0.270 e. The first kappa shape index (κ1) is 12.5. The quantitative estimate of drug-likeness (QED) is 0.815. The van der Waals surface area contributed by atoms with Crippen molar-refractivity contribution in [2.24, 2.45) is 0 Å². The minimum atomic E-state index is -0.270. The second-order valence-corrected chi connectivity index (χ2v) is 3.78. The van der Waals surface area contributed by atoms with Crippen LogP contribution in [0.3, 0.4) is 0 Å². The molecule has 16 heavy (non-hydrogen) atoms. The van der Waals surface area contributed by atoms with Crippen LogP contribution in [0.1, 0.15) is 30.3 Å². The van der Waals surface area contributed by atoms with E-state index >= 15 is 0 Å². The molecule has 0 aromatic carbocycles. The minimum Gasteiger partial charge on any atom is -0.337 e.